The molecule has 0 aromatic heterocycles. The summed E-state index contributed by atoms with van der Waals surface area (Å²) in [5.74, 6) is 1.62. The van der Waals surface area contributed by atoms with Gasteiger partial charge in [-0.1, -0.05) is 18.9 Å². The van der Waals surface area contributed by atoms with E-state index in [1.807, 2.05) is 6.08 Å². The molecule has 1 heteroatoms. The molecule has 3 unspecified atom stereocenters. The van der Waals surface area contributed by atoms with Gasteiger partial charge in [-0.3, -0.25) is 4.79 Å². The minimum atomic E-state index is 0.418. The maximum absolute atomic E-state index is 11.6. The van der Waals surface area contributed by atoms with Crippen molar-refractivity contribution in [2.75, 3.05) is 0 Å². The Morgan fingerprint density at radius 2 is 2.33 bits per heavy atom. The van der Waals surface area contributed by atoms with Crippen LogP contribution >= 0.6 is 0 Å². The molecule has 0 bridgehead atoms. The average Bonchev–Trinajstić information content (AvgIpc) is 2.78. The molecule has 0 aromatic rings. The van der Waals surface area contributed by atoms with Crippen molar-refractivity contribution in [1.29, 1.82) is 0 Å². The quantitative estimate of drug-likeness (QED) is 0.534. The summed E-state index contributed by atoms with van der Waals surface area (Å²) in [7, 11) is 0. The Morgan fingerprint density at radius 3 is 3.17 bits per heavy atom. The number of hydrogen-bond donors (Lipinski definition) is 0. The van der Waals surface area contributed by atoms with Gasteiger partial charge in [0.2, 0.25) is 0 Å². The third-order valence-electron chi connectivity index (χ3n) is 4.09. The van der Waals surface area contributed by atoms with Crippen LogP contribution in [0.2, 0.25) is 0 Å². The molecule has 3 rings (SSSR count). The van der Waals surface area contributed by atoms with E-state index < -0.39 is 0 Å². The summed E-state index contributed by atoms with van der Waals surface area (Å²) in [5, 5.41) is 0. The fourth-order valence-electron chi connectivity index (χ4n) is 3.32. The van der Waals surface area contributed by atoms with Gasteiger partial charge in [0.25, 0.3) is 0 Å². The number of hydrogen-bond acceptors (Lipinski definition) is 1. The lowest BCUT2D eigenvalue weighted by atomic mass is 9.71. The van der Waals surface area contributed by atoms with Crippen molar-refractivity contribution in [1.82, 2.24) is 0 Å². The van der Waals surface area contributed by atoms with Crippen molar-refractivity contribution >= 4 is 5.78 Å². The molecule has 1 nitrogen and oxygen atoms in total. The van der Waals surface area contributed by atoms with Gasteiger partial charge < -0.3 is 0 Å². The SMILES string of the molecule is O=C1C=CC2CC23CCCCC13. The second-order valence-electron chi connectivity index (χ2n) is 4.60. The van der Waals surface area contributed by atoms with E-state index in [1.165, 1.54) is 32.1 Å². The van der Waals surface area contributed by atoms with Crippen LogP contribution in [-0.2, 0) is 4.79 Å². The van der Waals surface area contributed by atoms with E-state index in [0.717, 1.165) is 5.92 Å². The number of carbonyl (C=O) groups is 1. The standard InChI is InChI=1S/C11H14O/c12-10-5-4-8-7-11(8)6-2-1-3-9(10)11/h4-5,8-9H,1-3,6-7H2. The molecule has 2 fully saturated rings. The summed E-state index contributed by atoms with van der Waals surface area (Å²) in [6, 6.07) is 0. The Hall–Kier alpha value is -0.590. The van der Waals surface area contributed by atoms with Gasteiger partial charge in [0.1, 0.15) is 0 Å². The molecule has 3 aliphatic carbocycles. The summed E-state index contributed by atoms with van der Waals surface area (Å²) < 4.78 is 0. The van der Waals surface area contributed by atoms with Gasteiger partial charge >= 0.3 is 0 Å². The monoisotopic (exact) mass is 162 g/mol. The molecule has 64 valence electrons. The average molecular weight is 162 g/mol. The second-order valence-corrected chi connectivity index (χ2v) is 4.60. The number of carbonyl (C=O) groups excluding carboxylic acids is 1. The van der Waals surface area contributed by atoms with Crippen LogP contribution < -0.4 is 0 Å². The van der Waals surface area contributed by atoms with Crippen LogP contribution in [0.4, 0.5) is 0 Å². The molecule has 2 saturated carbocycles. The molecule has 3 atom stereocenters. The first-order valence-corrected chi connectivity index (χ1v) is 5.05. The molecule has 0 saturated heterocycles. The summed E-state index contributed by atoms with van der Waals surface area (Å²) in [6.07, 6.45) is 10.4. The minimum Gasteiger partial charge on any atom is -0.295 e. The first kappa shape index (κ1) is 6.88. The van der Waals surface area contributed by atoms with Gasteiger partial charge in [-0.2, -0.15) is 0 Å². The molecule has 0 amide bonds. The van der Waals surface area contributed by atoms with Crippen LogP contribution in [-0.4, -0.2) is 5.78 Å². The van der Waals surface area contributed by atoms with E-state index in [1.54, 1.807) is 0 Å². The van der Waals surface area contributed by atoms with Crippen LogP contribution in [0.1, 0.15) is 32.1 Å². The third-order valence-corrected chi connectivity index (χ3v) is 4.09. The minimum absolute atomic E-state index is 0.418. The highest BCUT2D eigenvalue weighted by Crippen LogP contribution is 2.66. The highest BCUT2D eigenvalue weighted by molar-refractivity contribution is 5.94. The molecule has 1 spiro atoms. The maximum Gasteiger partial charge on any atom is 0.159 e. The molecule has 0 aliphatic heterocycles. The predicted octanol–water partition coefficient (Wildman–Crippen LogP) is 2.32. The Bertz CT molecular complexity index is 266. The van der Waals surface area contributed by atoms with Crippen LogP contribution in [0.5, 0.6) is 0 Å². The van der Waals surface area contributed by atoms with Crippen molar-refractivity contribution in [3.8, 4) is 0 Å². The number of ketones is 1. The van der Waals surface area contributed by atoms with Crippen LogP contribution in [0.25, 0.3) is 0 Å². The molecule has 0 radical (unpaired) electrons. The summed E-state index contributed by atoms with van der Waals surface area (Å²) in [5.41, 5.74) is 0.476. The van der Waals surface area contributed by atoms with Crippen molar-refractivity contribution in [3.05, 3.63) is 12.2 Å². The Morgan fingerprint density at radius 1 is 1.42 bits per heavy atom. The zero-order chi connectivity index (χ0) is 8.18. The first-order chi connectivity index (χ1) is 5.83. The van der Waals surface area contributed by atoms with Crippen molar-refractivity contribution in [2.24, 2.45) is 17.3 Å². The lowest BCUT2D eigenvalue weighted by Gasteiger charge is -2.32. The van der Waals surface area contributed by atoms with Gasteiger partial charge in [0.05, 0.1) is 0 Å². The third kappa shape index (κ3) is 0.675. The normalized spacial score (nSPS) is 49.8. The van der Waals surface area contributed by atoms with Crippen LogP contribution in [0.15, 0.2) is 12.2 Å². The van der Waals surface area contributed by atoms with Gasteiger partial charge in [0.15, 0.2) is 5.78 Å². The Balaban J connectivity index is 1.99. The van der Waals surface area contributed by atoms with Crippen molar-refractivity contribution in [3.63, 3.8) is 0 Å². The Kier molecular flexibility index (Phi) is 1.15. The fourth-order valence-corrected chi connectivity index (χ4v) is 3.32. The second kappa shape index (κ2) is 2.01. The van der Waals surface area contributed by atoms with Crippen LogP contribution in [0.3, 0.4) is 0 Å². The smallest absolute Gasteiger partial charge is 0.159 e. The molecule has 0 N–H and O–H groups in total. The van der Waals surface area contributed by atoms with Gasteiger partial charge in [-0.25, -0.2) is 0 Å². The number of rotatable bonds is 0. The van der Waals surface area contributed by atoms with Crippen molar-refractivity contribution in [2.45, 2.75) is 32.1 Å². The van der Waals surface area contributed by atoms with E-state index >= 15 is 0 Å². The Labute approximate surface area is 72.8 Å². The lowest BCUT2D eigenvalue weighted by Crippen LogP contribution is -2.30. The molecular weight excluding hydrogens is 148 g/mol. The molecule has 3 aliphatic rings. The summed E-state index contributed by atoms with van der Waals surface area (Å²) >= 11 is 0. The van der Waals surface area contributed by atoms with E-state index in [4.69, 9.17) is 0 Å². The largest absolute Gasteiger partial charge is 0.295 e. The zero-order valence-corrected chi connectivity index (χ0v) is 7.25. The van der Waals surface area contributed by atoms with Gasteiger partial charge in [-0.15, -0.1) is 0 Å². The van der Waals surface area contributed by atoms with E-state index in [0.29, 0.717) is 17.1 Å². The van der Waals surface area contributed by atoms with Gasteiger partial charge in [0, 0.05) is 5.92 Å². The van der Waals surface area contributed by atoms with Crippen LogP contribution in [0, 0.1) is 17.3 Å². The fraction of sp³-hybridized carbons (Fsp3) is 0.727. The topological polar surface area (TPSA) is 17.1 Å². The predicted molar refractivity (Wildman–Crippen MR) is 46.6 cm³/mol. The first-order valence-electron chi connectivity index (χ1n) is 5.05. The lowest BCUT2D eigenvalue weighted by molar-refractivity contribution is -0.122. The van der Waals surface area contributed by atoms with Crippen molar-refractivity contribution < 1.29 is 4.79 Å². The molecule has 0 heterocycles. The summed E-state index contributed by atoms with van der Waals surface area (Å²) in [4.78, 5) is 11.6. The van der Waals surface area contributed by atoms with E-state index in [-0.39, 0.29) is 0 Å². The van der Waals surface area contributed by atoms with E-state index in [9.17, 15) is 4.79 Å². The molecule has 12 heavy (non-hydrogen) atoms. The maximum atomic E-state index is 11.6. The highest BCUT2D eigenvalue weighted by Gasteiger charge is 2.61. The highest BCUT2D eigenvalue weighted by atomic mass is 16.1. The number of allylic oxidation sites excluding steroid dienone is 2. The summed E-state index contributed by atoms with van der Waals surface area (Å²) in [6.45, 7) is 0. The molecule has 0 aromatic carbocycles. The zero-order valence-electron chi connectivity index (χ0n) is 7.25. The van der Waals surface area contributed by atoms with Gasteiger partial charge in [-0.05, 0) is 36.7 Å². The molecular formula is C11H14O. The van der Waals surface area contributed by atoms with E-state index in [2.05, 4.69) is 6.08 Å².